The zero-order valence-corrected chi connectivity index (χ0v) is 18.9. The van der Waals surface area contributed by atoms with Crippen LogP contribution in [0.5, 0.6) is 5.75 Å². The van der Waals surface area contributed by atoms with Gasteiger partial charge in [0.15, 0.2) is 5.75 Å². The Morgan fingerprint density at radius 1 is 1.09 bits per heavy atom. The Bertz CT molecular complexity index is 1230. The van der Waals surface area contributed by atoms with Crippen molar-refractivity contribution in [3.63, 3.8) is 0 Å². The summed E-state index contributed by atoms with van der Waals surface area (Å²) < 4.78 is 5.58. The molecule has 2 N–H and O–H groups in total. The van der Waals surface area contributed by atoms with Crippen LogP contribution in [0.2, 0.25) is 5.02 Å². The Hall–Kier alpha value is -4.24. The number of carbonyl (C=O) groups is 2. The number of ether oxygens (including phenoxy) is 1. The summed E-state index contributed by atoms with van der Waals surface area (Å²) in [5.41, 5.74) is 4.57. The van der Waals surface area contributed by atoms with Gasteiger partial charge in [-0.1, -0.05) is 48.0 Å². The lowest BCUT2D eigenvalue weighted by molar-refractivity contribution is -0.385. The quantitative estimate of drug-likeness (QED) is 0.200. The lowest BCUT2D eigenvalue weighted by Gasteiger charge is -2.07. The molecule has 174 valence electrons. The number of nitrogens with zero attached hydrogens (tertiary/aromatic N) is 2. The molecular formula is C24H21ClN4O5. The van der Waals surface area contributed by atoms with E-state index in [4.69, 9.17) is 16.3 Å². The van der Waals surface area contributed by atoms with E-state index in [1.165, 1.54) is 18.3 Å². The van der Waals surface area contributed by atoms with E-state index >= 15 is 0 Å². The highest BCUT2D eigenvalue weighted by Gasteiger charge is 2.16. The lowest BCUT2D eigenvalue weighted by Crippen LogP contribution is -2.24. The van der Waals surface area contributed by atoms with Crippen molar-refractivity contribution in [1.29, 1.82) is 0 Å². The standard InChI is InChI=1S/C24H21ClN4O5/c1-16-7-9-19(12-20(16)25)27-23(30)13-24(31)28-26-14-18-8-10-22(21(11-18)29(32)33)34-15-17-5-3-2-4-6-17/h2-12,14H,13,15H2,1H3,(H,27,30)(H,28,31). The maximum absolute atomic E-state index is 12.0. The number of benzene rings is 3. The predicted molar refractivity (Wildman–Crippen MR) is 129 cm³/mol. The van der Waals surface area contributed by atoms with E-state index < -0.39 is 23.2 Å². The molecule has 0 aliphatic rings. The van der Waals surface area contributed by atoms with Crippen LogP contribution in [0, 0.1) is 17.0 Å². The van der Waals surface area contributed by atoms with Crippen LogP contribution in [0.25, 0.3) is 0 Å². The van der Waals surface area contributed by atoms with Crippen LogP contribution in [0.4, 0.5) is 11.4 Å². The molecule has 0 saturated heterocycles. The van der Waals surface area contributed by atoms with Crippen molar-refractivity contribution in [2.24, 2.45) is 5.10 Å². The molecule has 2 amide bonds. The molecule has 0 unspecified atom stereocenters. The Morgan fingerprint density at radius 2 is 1.85 bits per heavy atom. The van der Waals surface area contributed by atoms with Gasteiger partial charge in [0.25, 0.3) is 0 Å². The summed E-state index contributed by atoms with van der Waals surface area (Å²) in [6.45, 7) is 2.02. The first-order valence-electron chi connectivity index (χ1n) is 10.1. The summed E-state index contributed by atoms with van der Waals surface area (Å²) in [6.07, 6.45) is 0.777. The van der Waals surface area contributed by atoms with Crippen LogP contribution >= 0.6 is 11.6 Å². The van der Waals surface area contributed by atoms with Gasteiger partial charge in [0, 0.05) is 22.3 Å². The summed E-state index contributed by atoms with van der Waals surface area (Å²) in [5.74, 6) is -1.07. The Kier molecular flexibility index (Phi) is 8.31. The summed E-state index contributed by atoms with van der Waals surface area (Å²) in [7, 11) is 0. The lowest BCUT2D eigenvalue weighted by atomic mass is 10.2. The molecule has 9 nitrogen and oxygen atoms in total. The minimum Gasteiger partial charge on any atom is -0.482 e. The minimum atomic E-state index is -0.649. The molecule has 3 aromatic rings. The van der Waals surface area contributed by atoms with E-state index in [1.54, 1.807) is 24.3 Å². The number of amides is 2. The summed E-state index contributed by atoms with van der Waals surface area (Å²) in [5, 5.41) is 18.3. The van der Waals surface area contributed by atoms with Gasteiger partial charge < -0.3 is 10.1 Å². The Morgan fingerprint density at radius 3 is 2.56 bits per heavy atom. The average molecular weight is 481 g/mol. The molecule has 0 spiro atoms. The molecule has 0 bridgehead atoms. The highest BCUT2D eigenvalue weighted by molar-refractivity contribution is 6.31. The number of halogens is 1. The second-order valence-corrected chi connectivity index (χ2v) is 7.65. The topological polar surface area (TPSA) is 123 Å². The molecule has 0 aromatic heterocycles. The van der Waals surface area contributed by atoms with E-state index in [-0.39, 0.29) is 18.0 Å². The van der Waals surface area contributed by atoms with E-state index in [1.807, 2.05) is 37.3 Å². The predicted octanol–water partition coefficient (Wildman–Crippen LogP) is 4.61. The monoisotopic (exact) mass is 480 g/mol. The van der Waals surface area contributed by atoms with Gasteiger partial charge >= 0.3 is 5.69 Å². The summed E-state index contributed by atoms with van der Waals surface area (Å²) in [4.78, 5) is 34.9. The van der Waals surface area contributed by atoms with Crippen molar-refractivity contribution in [2.45, 2.75) is 20.0 Å². The van der Waals surface area contributed by atoms with E-state index in [0.29, 0.717) is 16.3 Å². The SMILES string of the molecule is Cc1ccc(NC(=O)CC(=O)NN=Cc2ccc(OCc3ccccc3)c([N+](=O)[O-])c2)cc1Cl. The van der Waals surface area contributed by atoms with Gasteiger partial charge in [-0.3, -0.25) is 19.7 Å². The zero-order chi connectivity index (χ0) is 24.5. The number of hydrogen-bond donors (Lipinski definition) is 2. The van der Waals surface area contributed by atoms with Gasteiger partial charge in [0.1, 0.15) is 13.0 Å². The van der Waals surface area contributed by atoms with Crippen LogP contribution in [0.3, 0.4) is 0 Å². The number of carbonyl (C=O) groups excluding carboxylic acids is 2. The number of rotatable bonds is 9. The maximum Gasteiger partial charge on any atom is 0.311 e. The minimum absolute atomic E-state index is 0.114. The van der Waals surface area contributed by atoms with Crippen LogP contribution in [-0.2, 0) is 16.2 Å². The van der Waals surface area contributed by atoms with Gasteiger partial charge in [-0.15, -0.1) is 0 Å². The first kappa shape index (κ1) is 24.4. The molecular weight excluding hydrogens is 460 g/mol. The third-order valence-corrected chi connectivity index (χ3v) is 5.00. The fourth-order valence-electron chi connectivity index (χ4n) is 2.85. The molecule has 0 aliphatic heterocycles. The number of nitro groups is 1. The molecule has 0 atom stereocenters. The third-order valence-electron chi connectivity index (χ3n) is 4.60. The van der Waals surface area contributed by atoms with Gasteiger partial charge in [0.2, 0.25) is 11.8 Å². The average Bonchev–Trinajstić information content (AvgIpc) is 2.81. The number of hydrazone groups is 1. The number of nitro benzene ring substituents is 1. The zero-order valence-electron chi connectivity index (χ0n) is 18.2. The van der Waals surface area contributed by atoms with Crippen molar-refractivity contribution in [1.82, 2.24) is 5.43 Å². The fourth-order valence-corrected chi connectivity index (χ4v) is 3.04. The van der Waals surface area contributed by atoms with Gasteiger partial charge in [0.05, 0.1) is 11.1 Å². The highest BCUT2D eigenvalue weighted by atomic mass is 35.5. The first-order chi connectivity index (χ1) is 16.3. The molecule has 34 heavy (non-hydrogen) atoms. The van der Waals surface area contributed by atoms with Gasteiger partial charge in [-0.25, -0.2) is 5.43 Å². The van der Waals surface area contributed by atoms with E-state index in [0.717, 1.165) is 11.1 Å². The smallest absolute Gasteiger partial charge is 0.311 e. The Labute approximate surface area is 200 Å². The third kappa shape index (κ3) is 7.14. The van der Waals surface area contributed by atoms with Crippen molar-refractivity contribution >= 4 is 41.0 Å². The first-order valence-corrected chi connectivity index (χ1v) is 10.5. The van der Waals surface area contributed by atoms with Crippen molar-refractivity contribution < 1.29 is 19.2 Å². The molecule has 0 radical (unpaired) electrons. The number of aryl methyl sites for hydroxylation is 1. The van der Waals surface area contributed by atoms with Crippen LogP contribution in [0.1, 0.15) is 23.1 Å². The molecule has 0 fully saturated rings. The van der Waals surface area contributed by atoms with Crippen molar-refractivity contribution in [3.8, 4) is 5.75 Å². The summed E-state index contributed by atoms with van der Waals surface area (Å²) >= 11 is 6.02. The Balaban J connectivity index is 1.55. The van der Waals surface area contributed by atoms with Gasteiger partial charge in [-0.05, 0) is 42.3 Å². The van der Waals surface area contributed by atoms with Gasteiger partial charge in [-0.2, -0.15) is 5.10 Å². The highest BCUT2D eigenvalue weighted by Crippen LogP contribution is 2.28. The maximum atomic E-state index is 12.0. The second-order valence-electron chi connectivity index (χ2n) is 7.24. The molecule has 0 saturated carbocycles. The molecule has 3 aromatic carbocycles. The fraction of sp³-hybridized carbons (Fsp3) is 0.125. The largest absolute Gasteiger partial charge is 0.482 e. The summed E-state index contributed by atoms with van der Waals surface area (Å²) in [6, 6.07) is 18.6. The second kappa shape index (κ2) is 11.6. The molecule has 10 heteroatoms. The van der Waals surface area contributed by atoms with Crippen molar-refractivity contribution in [3.05, 3.63) is 98.6 Å². The molecule has 0 heterocycles. The van der Waals surface area contributed by atoms with Crippen LogP contribution in [0.15, 0.2) is 71.8 Å². The van der Waals surface area contributed by atoms with E-state index in [9.17, 15) is 19.7 Å². The number of nitrogens with one attached hydrogen (secondary N) is 2. The van der Waals surface area contributed by atoms with Crippen LogP contribution < -0.4 is 15.5 Å². The molecule has 3 rings (SSSR count). The van der Waals surface area contributed by atoms with E-state index in [2.05, 4.69) is 15.8 Å². The van der Waals surface area contributed by atoms with Crippen molar-refractivity contribution in [2.75, 3.05) is 5.32 Å². The molecule has 0 aliphatic carbocycles. The normalized spacial score (nSPS) is 10.6. The van der Waals surface area contributed by atoms with Crippen LogP contribution in [-0.4, -0.2) is 23.0 Å². The number of hydrogen-bond acceptors (Lipinski definition) is 6. The number of anilines is 1.